The van der Waals surface area contributed by atoms with E-state index in [2.05, 4.69) is 15.2 Å². The molecule has 26 heavy (non-hydrogen) atoms. The van der Waals surface area contributed by atoms with E-state index in [-0.39, 0.29) is 11.7 Å². The fraction of sp³-hybridized carbons (Fsp3) is 0.235. The van der Waals surface area contributed by atoms with E-state index >= 15 is 0 Å². The van der Waals surface area contributed by atoms with Gasteiger partial charge >= 0.3 is 0 Å². The molecule has 0 unspecified atom stereocenters. The fourth-order valence-corrected chi connectivity index (χ4v) is 3.93. The number of nitrogens with zero attached hydrogens (tertiary/aromatic N) is 3. The number of nitrogens with one attached hydrogen (secondary N) is 1. The predicted molar refractivity (Wildman–Crippen MR) is 105 cm³/mol. The number of amides is 1. The number of halogens is 1. The summed E-state index contributed by atoms with van der Waals surface area (Å²) in [6, 6.07) is 9.28. The molecule has 1 aromatic carbocycles. The molecule has 0 aliphatic carbocycles. The molecular weight excluding hydrogens is 392 g/mol. The Morgan fingerprint density at radius 1 is 1.42 bits per heavy atom. The topological polar surface area (TPSA) is 71.1 Å². The first-order valence-corrected chi connectivity index (χ1v) is 9.96. The summed E-state index contributed by atoms with van der Waals surface area (Å²) in [7, 11) is 3.38. The number of H-pyrrole nitrogens is 1. The maximum absolute atomic E-state index is 12.3. The molecule has 1 amide bonds. The van der Waals surface area contributed by atoms with E-state index in [0.717, 1.165) is 10.4 Å². The maximum Gasteiger partial charge on any atom is 0.233 e. The van der Waals surface area contributed by atoms with Gasteiger partial charge < -0.3 is 9.64 Å². The summed E-state index contributed by atoms with van der Waals surface area (Å²) < 4.78 is 5.33. The number of thiophene rings is 1. The van der Waals surface area contributed by atoms with Crippen molar-refractivity contribution in [2.75, 3.05) is 19.9 Å². The van der Waals surface area contributed by atoms with Crippen molar-refractivity contribution in [1.82, 2.24) is 20.1 Å². The molecule has 2 heterocycles. The third kappa shape index (κ3) is 4.57. The molecule has 9 heteroatoms. The number of hydrogen-bond acceptors (Lipinski definition) is 6. The molecule has 0 spiro atoms. The van der Waals surface area contributed by atoms with Crippen LogP contribution in [0.3, 0.4) is 0 Å². The molecule has 2 aromatic heterocycles. The molecule has 0 bridgehead atoms. The molecule has 6 nitrogen and oxygen atoms in total. The van der Waals surface area contributed by atoms with Crippen LogP contribution in [0.2, 0.25) is 5.02 Å². The zero-order valence-electron chi connectivity index (χ0n) is 14.2. The van der Waals surface area contributed by atoms with Crippen LogP contribution in [-0.4, -0.2) is 45.9 Å². The highest BCUT2D eigenvalue weighted by Crippen LogP contribution is 2.31. The van der Waals surface area contributed by atoms with Gasteiger partial charge in [0.2, 0.25) is 11.1 Å². The Kier molecular flexibility index (Phi) is 6.18. The van der Waals surface area contributed by atoms with Gasteiger partial charge in [-0.1, -0.05) is 29.4 Å². The molecule has 0 aliphatic rings. The van der Waals surface area contributed by atoms with E-state index in [4.69, 9.17) is 16.3 Å². The average molecular weight is 409 g/mol. The largest absolute Gasteiger partial charge is 0.496 e. The number of rotatable bonds is 7. The second-order valence-corrected chi connectivity index (χ2v) is 7.84. The van der Waals surface area contributed by atoms with Crippen molar-refractivity contribution in [3.8, 4) is 17.1 Å². The first-order chi connectivity index (χ1) is 12.6. The molecule has 0 aliphatic heterocycles. The number of aromatic amines is 1. The molecule has 0 fully saturated rings. The van der Waals surface area contributed by atoms with Gasteiger partial charge in [-0.25, -0.2) is 4.98 Å². The zero-order chi connectivity index (χ0) is 18.5. The van der Waals surface area contributed by atoms with E-state index in [0.29, 0.717) is 28.3 Å². The Balaban J connectivity index is 1.62. The summed E-state index contributed by atoms with van der Waals surface area (Å²) in [4.78, 5) is 19.5. The lowest BCUT2D eigenvalue weighted by atomic mass is 10.2. The van der Waals surface area contributed by atoms with Gasteiger partial charge in [0.1, 0.15) is 5.75 Å². The van der Waals surface area contributed by atoms with Crippen LogP contribution in [-0.2, 0) is 11.3 Å². The number of thioether (sulfide) groups is 1. The molecule has 3 rings (SSSR count). The summed E-state index contributed by atoms with van der Waals surface area (Å²) in [5.74, 6) is 1.49. The van der Waals surface area contributed by atoms with E-state index in [1.807, 2.05) is 17.5 Å². The van der Waals surface area contributed by atoms with Gasteiger partial charge in [0, 0.05) is 16.9 Å². The van der Waals surface area contributed by atoms with Crippen molar-refractivity contribution in [3.05, 3.63) is 45.6 Å². The fourth-order valence-electron chi connectivity index (χ4n) is 2.26. The summed E-state index contributed by atoms with van der Waals surface area (Å²) in [6.45, 7) is 0.607. The van der Waals surface area contributed by atoms with E-state index < -0.39 is 0 Å². The molecule has 136 valence electrons. The minimum Gasteiger partial charge on any atom is -0.496 e. The second kappa shape index (κ2) is 8.57. The SMILES string of the molecule is COc1ccc(Cl)cc1-c1nc(SCC(=O)N(C)Cc2cccs2)n[nH]1. The summed E-state index contributed by atoms with van der Waals surface area (Å²) in [5, 5.41) is 10.1. The van der Waals surface area contributed by atoms with Crippen molar-refractivity contribution < 1.29 is 9.53 Å². The van der Waals surface area contributed by atoms with Gasteiger partial charge in [-0.05, 0) is 29.6 Å². The Hall–Kier alpha value is -2.03. The summed E-state index contributed by atoms with van der Waals surface area (Å²) >= 11 is 8.98. The van der Waals surface area contributed by atoms with E-state index in [1.165, 1.54) is 11.8 Å². The highest BCUT2D eigenvalue weighted by Gasteiger charge is 2.15. The smallest absolute Gasteiger partial charge is 0.233 e. The van der Waals surface area contributed by atoms with Crippen LogP contribution in [0.25, 0.3) is 11.4 Å². The molecule has 0 saturated carbocycles. The highest BCUT2D eigenvalue weighted by atomic mass is 35.5. The number of benzene rings is 1. The van der Waals surface area contributed by atoms with Gasteiger partial charge in [0.05, 0.1) is 25.0 Å². The molecule has 3 aromatic rings. The zero-order valence-corrected chi connectivity index (χ0v) is 16.6. The first kappa shape index (κ1) is 18.8. The number of carbonyl (C=O) groups is 1. The highest BCUT2D eigenvalue weighted by molar-refractivity contribution is 7.99. The van der Waals surface area contributed by atoms with E-state index in [9.17, 15) is 4.79 Å². The van der Waals surface area contributed by atoms with Crippen LogP contribution >= 0.6 is 34.7 Å². The maximum atomic E-state index is 12.3. The van der Waals surface area contributed by atoms with Crippen molar-refractivity contribution in [2.24, 2.45) is 0 Å². The van der Waals surface area contributed by atoms with Crippen LogP contribution in [0.1, 0.15) is 4.88 Å². The number of aromatic nitrogens is 3. The lowest BCUT2D eigenvalue weighted by molar-refractivity contribution is -0.127. The third-order valence-electron chi connectivity index (χ3n) is 3.61. The minimum absolute atomic E-state index is 0.0232. The van der Waals surface area contributed by atoms with Gasteiger partial charge in [0.15, 0.2) is 5.82 Å². The third-order valence-corrected chi connectivity index (χ3v) is 5.53. The quantitative estimate of drug-likeness (QED) is 0.599. The van der Waals surface area contributed by atoms with Crippen LogP contribution < -0.4 is 4.74 Å². The first-order valence-electron chi connectivity index (χ1n) is 7.72. The number of hydrogen-bond donors (Lipinski definition) is 1. The predicted octanol–water partition coefficient (Wildman–Crippen LogP) is 3.95. The standard InChI is InChI=1S/C17H17ClN4O2S2/c1-22(9-12-4-3-7-25-12)15(23)10-26-17-19-16(20-21-17)13-8-11(18)5-6-14(13)24-2/h3-8H,9-10H2,1-2H3,(H,19,20,21). The Morgan fingerprint density at radius 3 is 3.00 bits per heavy atom. The summed E-state index contributed by atoms with van der Waals surface area (Å²) in [6.07, 6.45) is 0. The van der Waals surface area contributed by atoms with Crippen molar-refractivity contribution in [3.63, 3.8) is 0 Å². The Morgan fingerprint density at radius 2 is 2.27 bits per heavy atom. The van der Waals surface area contributed by atoms with Gasteiger partial charge in [-0.3, -0.25) is 9.89 Å². The normalized spacial score (nSPS) is 10.7. The van der Waals surface area contributed by atoms with Crippen LogP contribution in [0.4, 0.5) is 0 Å². The van der Waals surface area contributed by atoms with Gasteiger partial charge in [-0.2, -0.15) is 0 Å². The van der Waals surface area contributed by atoms with Gasteiger partial charge in [-0.15, -0.1) is 16.4 Å². The average Bonchev–Trinajstić information content (AvgIpc) is 3.31. The molecule has 0 saturated heterocycles. The molecule has 0 radical (unpaired) electrons. The summed E-state index contributed by atoms with van der Waals surface area (Å²) in [5.41, 5.74) is 0.723. The molecule has 1 N–H and O–H groups in total. The lowest BCUT2D eigenvalue weighted by Gasteiger charge is -2.15. The van der Waals surface area contributed by atoms with E-state index in [1.54, 1.807) is 48.6 Å². The van der Waals surface area contributed by atoms with Crippen molar-refractivity contribution in [2.45, 2.75) is 11.7 Å². The minimum atomic E-state index is 0.0232. The van der Waals surface area contributed by atoms with Gasteiger partial charge in [0.25, 0.3) is 0 Å². The van der Waals surface area contributed by atoms with Crippen LogP contribution in [0, 0.1) is 0 Å². The number of methoxy groups -OCH3 is 1. The van der Waals surface area contributed by atoms with Crippen LogP contribution in [0.15, 0.2) is 40.9 Å². The Labute approximate surface area is 164 Å². The Bertz CT molecular complexity index is 883. The second-order valence-electron chi connectivity index (χ2n) is 5.43. The molecular formula is C17H17ClN4O2S2. The lowest BCUT2D eigenvalue weighted by Crippen LogP contribution is -2.27. The monoisotopic (exact) mass is 408 g/mol. The number of carbonyl (C=O) groups excluding carboxylic acids is 1. The van der Waals surface area contributed by atoms with Crippen molar-refractivity contribution in [1.29, 1.82) is 0 Å². The number of ether oxygens (including phenoxy) is 1. The molecule has 0 atom stereocenters. The van der Waals surface area contributed by atoms with Crippen molar-refractivity contribution >= 4 is 40.6 Å². The van der Waals surface area contributed by atoms with Crippen LogP contribution in [0.5, 0.6) is 5.75 Å².